The molecule has 0 atom stereocenters. The number of hydrogen-bond donors (Lipinski definition) is 0. The summed E-state index contributed by atoms with van der Waals surface area (Å²) in [5, 5.41) is 2.48. The van der Waals surface area contributed by atoms with Crippen molar-refractivity contribution in [2.24, 2.45) is 7.05 Å². The maximum absolute atomic E-state index is 2.56. The van der Waals surface area contributed by atoms with E-state index in [1.807, 2.05) is 0 Å². The number of anilines is 6. The lowest BCUT2D eigenvalue weighted by Gasteiger charge is -2.36. The monoisotopic (exact) mass is 1020 g/mol. The Hall–Kier alpha value is -8.92. The maximum atomic E-state index is 2.56. The first-order valence-corrected chi connectivity index (χ1v) is 28.1. The van der Waals surface area contributed by atoms with Crippen LogP contribution in [0.15, 0.2) is 255 Å². The topological polar surface area (TPSA) is 11.4 Å². The van der Waals surface area contributed by atoms with E-state index in [1.165, 1.54) is 88.6 Å². The van der Waals surface area contributed by atoms with E-state index in [-0.39, 0.29) is 10.8 Å². The first-order valence-electron chi connectivity index (χ1n) is 28.1. The lowest BCUT2D eigenvalue weighted by molar-refractivity contribution is 0.590. The average molecular weight is 1020 g/mol. The van der Waals surface area contributed by atoms with Crippen molar-refractivity contribution in [1.29, 1.82) is 0 Å². The average Bonchev–Trinajstić information content (AvgIpc) is 2.88. The number of para-hydroxylation sites is 1. The second kappa shape index (κ2) is 19.5. The highest BCUT2D eigenvalue weighted by molar-refractivity contribution is 6.22. The first kappa shape index (κ1) is 49.6. The Morgan fingerprint density at radius 1 is 0.430 bits per heavy atom. The Balaban J connectivity index is 1.12. The Morgan fingerprint density at radius 2 is 0.911 bits per heavy atom. The molecule has 0 amide bonds. The van der Waals surface area contributed by atoms with Crippen LogP contribution in [0, 0.1) is 0 Å². The lowest BCUT2D eigenvalue weighted by atomic mass is 9.67. The number of aryl methyl sites for hydroxylation is 1. The molecular formula is C76H67N3. The SMILES string of the molecule is Cn1c2ccccc2c2c3c(cc(N(c4ccc(-c5ccccc5)cc4)c4ccc(C(C)(C)C)cc4)c21)C(c1ccccc1)(c1ccccc1)c1cc(N(c2ccc(C4=CCCC=C4)cc2)c2ccc(C(C)(C)C)cc2)ccc1-3. The molecule has 11 aromatic rings. The van der Waals surface area contributed by atoms with Gasteiger partial charge < -0.3 is 14.4 Å². The standard InChI is InChI=1S/C76H67N3/c1-74(2,3)56-36-44-61(45-37-56)78(60-40-32-54(33-41-60)52-22-12-8-13-23-52)64-48-49-65-67(50-64)76(58-26-16-10-17-27-58,59-28-18-11-19-29-59)68-51-70(73-72(71(65)68)66-30-20-21-31-69(66)77(73)7)79(63-46-38-57(39-47-63)75(4,5)6)62-42-34-55(35-43-62)53-24-14-9-15-25-53/h9-12,14-51H,8,13H2,1-7H3. The molecule has 3 nitrogen and oxygen atoms in total. The van der Waals surface area contributed by atoms with Crippen LogP contribution < -0.4 is 9.80 Å². The lowest BCUT2D eigenvalue weighted by Crippen LogP contribution is -2.29. The fourth-order valence-corrected chi connectivity index (χ4v) is 12.8. The van der Waals surface area contributed by atoms with Gasteiger partial charge in [0.15, 0.2) is 0 Å². The summed E-state index contributed by atoms with van der Waals surface area (Å²) in [6, 6.07) is 89.2. The van der Waals surface area contributed by atoms with E-state index in [2.05, 4.69) is 318 Å². The van der Waals surface area contributed by atoms with Crippen LogP contribution in [0.25, 0.3) is 49.6 Å². The summed E-state index contributed by atoms with van der Waals surface area (Å²) >= 11 is 0. The predicted molar refractivity (Wildman–Crippen MR) is 336 cm³/mol. The summed E-state index contributed by atoms with van der Waals surface area (Å²) in [6.07, 6.45) is 9.09. The van der Waals surface area contributed by atoms with Gasteiger partial charge >= 0.3 is 0 Å². The van der Waals surface area contributed by atoms with Crippen molar-refractivity contribution in [3.05, 3.63) is 294 Å². The number of nitrogens with zero attached hydrogens (tertiary/aromatic N) is 3. The van der Waals surface area contributed by atoms with Gasteiger partial charge in [-0.2, -0.15) is 0 Å². The number of rotatable bonds is 10. The van der Waals surface area contributed by atoms with Gasteiger partial charge in [-0.15, -0.1) is 0 Å². The molecule has 0 bridgehead atoms. The van der Waals surface area contributed by atoms with Crippen molar-refractivity contribution in [1.82, 2.24) is 4.57 Å². The van der Waals surface area contributed by atoms with Crippen molar-refractivity contribution in [2.45, 2.75) is 70.6 Å². The number of hydrogen-bond acceptors (Lipinski definition) is 2. The minimum atomic E-state index is -0.743. The van der Waals surface area contributed by atoms with E-state index in [4.69, 9.17) is 0 Å². The predicted octanol–water partition coefficient (Wildman–Crippen LogP) is 20.6. The second-order valence-corrected chi connectivity index (χ2v) is 23.7. The highest BCUT2D eigenvalue weighted by atomic mass is 15.2. The Bertz CT molecular complexity index is 4050. The van der Waals surface area contributed by atoms with Crippen LogP contribution >= 0.6 is 0 Å². The molecule has 386 valence electrons. The van der Waals surface area contributed by atoms with E-state index < -0.39 is 5.41 Å². The summed E-state index contributed by atoms with van der Waals surface area (Å²) in [6.45, 7) is 13.8. The molecule has 0 aliphatic heterocycles. The van der Waals surface area contributed by atoms with Crippen molar-refractivity contribution >= 4 is 61.5 Å². The Labute approximate surface area is 467 Å². The quantitative estimate of drug-likeness (QED) is 0.135. The third kappa shape index (κ3) is 8.51. The highest BCUT2D eigenvalue weighted by Crippen LogP contribution is 2.62. The molecule has 1 aromatic heterocycles. The fourth-order valence-electron chi connectivity index (χ4n) is 12.8. The molecule has 0 radical (unpaired) electrons. The van der Waals surface area contributed by atoms with Gasteiger partial charge in [0.05, 0.1) is 16.6 Å². The van der Waals surface area contributed by atoms with Crippen LogP contribution in [0.3, 0.4) is 0 Å². The Kier molecular flexibility index (Phi) is 12.3. The van der Waals surface area contributed by atoms with Crippen molar-refractivity contribution in [3.8, 4) is 22.3 Å². The minimum Gasteiger partial charge on any atom is -0.342 e. The van der Waals surface area contributed by atoms with E-state index in [0.29, 0.717) is 0 Å². The van der Waals surface area contributed by atoms with E-state index in [1.54, 1.807) is 0 Å². The molecular weight excluding hydrogens is 955 g/mol. The third-order valence-electron chi connectivity index (χ3n) is 16.8. The molecule has 10 aromatic carbocycles. The molecule has 0 fully saturated rings. The smallest absolute Gasteiger partial charge is 0.0740 e. The van der Waals surface area contributed by atoms with Gasteiger partial charge in [0.2, 0.25) is 0 Å². The van der Waals surface area contributed by atoms with Crippen LogP contribution in [-0.4, -0.2) is 4.57 Å². The molecule has 13 rings (SSSR count). The second-order valence-electron chi connectivity index (χ2n) is 23.7. The molecule has 0 unspecified atom stereocenters. The number of aromatic nitrogens is 1. The van der Waals surface area contributed by atoms with Gasteiger partial charge in [0.25, 0.3) is 0 Å². The van der Waals surface area contributed by atoms with Crippen LogP contribution in [0.4, 0.5) is 34.1 Å². The van der Waals surface area contributed by atoms with E-state index in [9.17, 15) is 0 Å². The fraction of sp³-hybridized carbons (Fsp3) is 0.158. The molecule has 0 saturated carbocycles. The van der Waals surface area contributed by atoms with Gasteiger partial charge in [-0.25, -0.2) is 0 Å². The van der Waals surface area contributed by atoms with Crippen molar-refractivity contribution < 1.29 is 0 Å². The zero-order valence-electron chi connectivity index (χ0n) is 46.5. The minimum absolute atomic E-state index is 0.00771. The van der Waals surface area contributed by atoms with Crippen LogP contribution in [0.1, 0.15) is 93.3 Å². The third-order valence-corrected chi connectivity index (χ3v) is 16.8. The highest BCUT2D eigenvalue weighted by Gasteiger charge is 2.48. The normalized spacial score (nSPS) is 13.8. The molecule has 0 spiro atoms. The maximum Gasteiger partial charge on any atom is 0.0740 e. The van der Waals surface area contributed by atoms with Crippen molar-refractivity contribution in [3.63, 3.8) is 0 Å². The van der Waals surface area contributed by atoms with Crippen LogP contribution in [0.2, 0.25) is 0 Å². The zero-order valence-corrected chi connectivity index (χ0v) is 46.5. The van der Waals surface area contributed by atoms with Gasteiger partial charge in [0, 0.05) is 51.8 Å². The van der Waals surface area contributed by atoms with E-state index >= 15 is 0 Å². The summed E-state index contributed by atoms with van der Waals surface area (Å²) in [5.74, 6) is 0. The van der Waals surface area contributed by atoms with Gasteiger partial charge in [-0.05, 0) is 163 Å². The van der Waals surface area contributed by atoms with Gasteiger partial charge in [-0.3, -0.25) is 0 Å². The molecule has 2 aliphatic carbocycles. The molecule has 0 saturated heterocycles. The molecule has 3 heteroatoms. The first-order chi connectivity index (χ1) is 38.4. The number of fused-ring (bicyclic) bond motifs is 7. The molecule has 0 N–H and O–H groups in total. The van der Waals surface area contributed by atoms with Crippen molar-refractivity contribution in [2.75, 3.05) is 9.80 Å². The van der Waals surface area contributed by atoms with Crippen LogP contribution in [0.5, 0.6) is 0 Å². The van der Waals surface area contributed by atoms with Gasteiger partial charge in [0.1, 0.15) is 0 Å². The number of allylic oxidation sites excluding steroid dienone is 4. The van der Waals surface area contributed by atoms with Gasteiger partial charge in [-0.1, -0.05) is 224 Å². The zero-order chi connectivity index (χ0) is 54.0. The summed E-state index contributed by atoms with van der Waals surface area (Å²) < 4.78 is 2.44. The van der Waals surface area contributed by atoms with Crippen LogP contribution in [-0.2, 0) is 23.3 Å². The Morgan fingerprint density at radius 3 is 1.46 bits per heavy atom. The molecule has 2 aliphatic rings. The largest absolute Gasteiger partial charge is 0.342 e. The summed E-state index contributed by atoms with van der Waals surface area (Å²) in [7, 11) is 2.26. The van der Waals surface area contributed by atoms with E-state index in [0.717, 1.165) is 47.0 Å². The number of benzene rings is 10. The summed E-state index contributed by atoms with van der Waals surface area (Å²) in [4.78, 5) is 4.98. The molecule has 79 heavy (non-hydrogen) atoms. The summed E-state index contributed by atoms with van der Waals surface area (Å²) in [5.41, 5.74) is 23.2. The molecule has 1 heterocycles.